The van der Waals surface area contributed by atoms with Crippen molar-refractivity contribution in [3.8, 4) is 11.1 Å². The van der Waals surface area contributed by atoms with Crippen molar-refractivity contribution in [1.29, 1.82) is 0 Å². The standard InChI is InChI=1S/C23H26N2O5/c1-3-15(12-21(26)27)25-22(28)14(2)24-23(29)30-13-20-18-10-6-4-8-16(18)17-9-5-7-11-19(17)20/h4-11,14-15,20H,3,12-13H2,1-2H3,(H,24,29)(H,25,28)(H,26,27)/t14-,15?/m1/s1. The zero-order valence-electron chi connectivity index (χ0n) is 17.1. The van der Waals surface area contributed by atoms with E-state index < -0.39 is 30.1 Å². The number of carbonyl (C=O) groups is 3. The minimum absolute atomic E-state index is 0.0627. The molecule has 1 aliphatic rings. The summed E-state index contributed by atoms with van der Waals surface area (Å²) >= 11 is 0. The maximum Gasteiger partial charge on any atom is 0.407 e. The average Bonchev–Trinajstić information content (AvgIpc) is 3.05. The third kappa shape index (κ3) is 4.79. The van der Waals surface area contributed by atoms with Crippen molar-refractivity contribution in [3.63, 3.8) is 0 Å². The first-order chi connectivity index (χ1) is 14.4. The number of fused-ring (bicyclic) bond motifs is 3. The number of carboxylic acids is 1. The van der Waals surface area contributed by atoms with Gasteiger partial charge in [-0.3, -0.25) is 9.59 Å². The van der Waals surface area contributed by atoms with Crippen LogP contribution < -0.4 is 10.6 Å². The fourth-order valence-corrected chi connectivity index (χ4v) is 3.72. The van der Waals surface area contributed by atoms with Crippen LogP contribution in [0.1, 0.15) is 43.7 Å². The number of hydrogen-bond acceptors (Lipinski definition) is 4. The van der Waals surface area contributed by atoms with E-state index in [1.165, 1.54) is 6.92 Å². The van der Waals surface area contributed by atoms with Crippen LogP contribution in [0.15, 0.2) is 48.5 Å². The number of nitrogens with one attached hydrogen (secondary N) is 2. The van der Waals surface area contributed by atoms with E-state index in [0.717, 1.165) is 22.3 Å². The van der Waals surface area contributed by atoms with Crippen molar-refractivity contribution in [2.24, 2.45) is 0 Å². The maximum absolute atomic E-state index is 12.3. The number of aliphatic carboxylic acids is 1. The van der Waals surface area contributed by atoms with Crippen molar-refractivity contribution in [3.05, 3.63) is 59.7 Å². The highest BCUT2D eigenvalue weighted by molar-refractivity contribution is 5.86. The average molecular weight is 410 g/mol. The van der Waals surface area contributed by atoms with Gasteiger partial charge in [-0.15, -0.1) is 0 Å². The lowest BCUT2D eigenvalue weighted by atomic mass is 9.98. The van der Waals surface area contributed by atoms with Gasteiger partial charge in [-0.2, -0.15) is 0 Å². The molecule has 0 aliphatic heterocycles. The molecule has 1 aliphatic carbocycles. The van der Waals surface area contributed by atoms with Gasteiger partial charge < -0.3 is 20.5 Å². The molecule has 1 unspecified atom stereocenters. The van der Waals surface area contributed by atoms with Gasteiger partial charge in [-0.25, -0.2) is 4.79 Å². The van der Waals surface area contributed by atoms with E-state index >= 15 is 0 Å². The number of carboxylic acid groups (broad SMARTS) is 1. The molecule has 30 heavy (non-hydrogen) atoms. The first-order valence-electron chi connectivity index (χ1n) is 10.0. The van der Waals surface area contributed by atoms with E-state index in [0.29, 0.717) is 6.42 Å². The van der Waals surface area contributed by atoms with Gasteiger partial charge in [-0.1, -0.05) is 55.5 Å². The quantitative estimate of drug-likeness (QED) is 0.619. The number of amides is 2. The Morgan fingerprint density at radius 2 is 1.57 bits per heavy atom. The van der Waals surface area contributed by atoms with Gasteiger partial charge in [0.15, 0.2) is 0 Å². The molecular formula is C23H26N2O5. The molecule has 0 aromatic heterocycles. The highest BCUT2D eigenvalue weighted by Gasteiger charge is 2.29. The molecule has 2 amide bonds. The molecule has 3 N–H and O–H groups in total. The van der Waals surface area contributed by atoms with Gasteiger partial charge in [0.2, 0.25) is 5.91 Å². The second-order valence-corrected chi connectivity index (χ2v) is 7.40. The van der Waals surface area contributed by atoms with Crippen molar-refractivity contribution >= 4 is 18.0 Å². The highest BCUT2D eigenvalue weighted by Crippen LogP contribution is 2.44. The molecule has 0 spiro atoms. The molecule has 2 aromatic carbocycles. The Morgan fingerprint density at radius 3 is 2.10 bits per heavy atom. The summed E-state index contributed by atoms with van der Waals surface area (Å²) in [5, 5.41) is 14.0. The Morgan fingerprint density at radius 1 is 1.00 bits per heavy atom. The lowest BCUT2D eigenvalue weighted by Gasteiger charge is -2.20. The van der Waals surface area contributed by atoms with E-state index in [2.05, 4.69) is 22.8 Å². The first kappa shape index (κ1) is 21.4. The number of alkyl carbamates (subject to hydrolysis) is 1. The zero-order valence-corrected chi connectivity index (χ0v) is 17.1. The van der Waals surface area contributed by atoms with Gasteiger partial charge in [0.25, 0.3) is 0 Å². The second-order valence-electron chi connectivity index (χ2n) is 7.40. The molecule has 0 fully saturated rings. The lowest BCUT2D eigenvalue weighted by Crippen LogP contribution is -2.48. The van der Waals surface area contributed by atoms with Gasteiger partial charge in [0, 0.05) is 12.0 Å². The fraction of sp³-hybridized carbons (Fsp3) is 0.348. The van der Waals surface area contributed by atoms with Crippen molar-refractivity contribution in [2.75, 3.05) is 6.61 Å². The summed E-state index contributed by atoms with van der Waals surface area (Å²) in [5.74, 6) is -1.50. The molecule has 0 saturated heterocycles. The highest BCUT2D eigenvalue weighted by atomic mass is 16.5. The van der Waals surface area contributed by atoms with Crippen LogP contribution in [0.5, 0.6) is 0 Å². The van der Waals surface area contributed by atoms with Crippen LogP contribution in [0.3, 0.4) is 0 Å². The summed E-state index contributed by atoms with van der Waals surface area (Å²) < 4.78 is 5.43. The summed E-state index contributed by atoms with van der Waals surface area (Å²) in [5.41, 5.74) is 4.49. The van der Waals surface area contributed by atoms with Crippen molar-refractivity contribution < 1.29 is 24.2 Å². The van der Waals surface area contributed by atoms with Crippen LogP contribution >= 0.6 is 0 Å². The summed E-state index contributed by atoms with van der Waals surface area (Å²) in [6, 6.07) is 14.8. The van der Waals surface area contributed by atoms with Crippen LogP contribution in [0.25, 0.3) is 11.1 Å². The van der Waals surface area contributed by atoms with Gasteiger partial charge in [0.05, 0.1) is 6.42 Å². The minimum atomic E-state index is -0.987. The van der Waals surface area contributed by atoms with Crippen LogP contribution in [0, 0.1) is 0 Å². The molecule has 158 valence electrons. The Balaban J connectivity index is 1.57. The molecule has 0 saturated carbocycles. The van der Waals surface area contributed by atoms with Gasteiger partial charge in [-0.05, 0) is 35.6 Å². The van der Waals surface area contributed by atoms with E-state index in [-0.39, 0.29) is 18.9 Å². The Hall–Kier alpha value is -3.35. The molecule has 0 radical (unpaired) electrons. The first-order valence-corrected chi connectivity index (χ1v) is 10.0. The molecule has 2 aromatic rings. The van der Waals surface area contributed by atoms with E-state index in [4.69, 9.17) is 9.84 Å². The predicted octanol–water partition coefficient (Wildman–Crippen LogP) is 3.28. The van der Waals surface area contributed by atoms with Crippen molar-refractivity contribution in [1.82, 2.24) is 10.6 Å². The molecular weight excluding hydrogens is 384 g/mol. The van der Waals surface area contributed by atoms with Crippen molar-refractivity contribution in [2.45, 2.75) is 44.7 Å². The molecule has 2 atom stereocenters. The molecule has 0 bridgehead atoms. The number of carbonyl (C=O) groups excluding carboxylic acids is 2. The number of benzene rings is 2. The van der Waals surface area contributed by atoms with E-state index in [1.54, 1.807) is 6.92 Å². The van der Waals surface area contributed by atoms with Gasteiger partial charge in [0.1, 0.15) is 12.6 Å². The van der Waals surface area contributed by atoms with Crippen LogP contribution in [0.2, 0.25) is 0 Å². The second kappa shape index (κ2) is 9.43. The normalized spacial score (nSPS) is 14.2. The Kier molecular flexibility index (Phi) is 6.72. The van der Waals surface area contributed by atoms with E-state index in [1.807, 2.05) is 36.4 Å². The number of rotatable bonds is 8. The SMILES string of the molecule is CCC(CC(=O)O)NC(=O)[C@@H](C)NC(=O)OCC1c2ccccc2-c2ccccc21. The third-order valence-electron chi connectivity index (χ3n) is 5.33. The summed E-state index contributed by atoms with van der Waals surface area (Å²) in [4.78, 5) is 35.4. The third-order valence-corrected chi connectivity index (χ3v) is 5.33. The van der Waals surface area contributed by atoms with Crippen LogP contribution in [0.4, 0.5) is 4.79 Å². The topological polar surface area (TPSA) is 105 Å². The maximum atomic E-state index is 12.3. The van der Waals surface area contributed by atoms with Crippen LogP contribution in [-0.2, 0) is 14.3 Å². The Labute approximate surface area is 175 Å². The summed E-state index contributed by atoms with van der Waals surface area (Å²) in [7, 11) is 0. The largest absolute Gasteiger partial charge is 0.481 e. The summed E-state index contributed by atoms with van der Waals surface area (Å²) in [6.07, 6.45) is -0.374. The summed E-state index contributed by atoms with van der Waals surface area (Å²) in [6.45, 7) is 3.48. The monoisotopic (exact) mass is 410 g/mol. The van der Waals surface area contributed by atoms with E-state index in [9.17, 15) is 14.4 Å². The number of hydrogen-bond donors (Lipinski definition) is 3. The molecule has 7 nitrogen and oxygen atoms in total. The zero-order chi connectivity index (χ0) is 21.7. The molecule has 0 heterocycles. The Bertz CT molecular complexity index is 897. The number of ether oxygens (including phenoxy) is 1. The lowest BCUT2D eigenvalue weighted by molar-refractivity contribution is -0.137. The molecule has 7 heteroatoms. The van der Waals surface area contributed by atoms with Gasteiger partial charge >= 0.3 is 12.1 Å². The smallest absolute Gasteiger partial charge is 0.407 e. The fourth-order valence-electron chi connectivity index (χ4n) is 3.72. The molecule has 3 rings (SSSR count). The predicted molar refractivity (Wildman–Crippen MR) is 112 cm³/mol. The van der Waals surface area contributed by atoms with Crippen LogP contribution in [-0.4, -0.2) is 41.8 Å². The minimum Gasteiger partial charge on any atom is -0.481 e.